The molecule has 0 saturated heterocycles. The van der Waals surface area contributed by atoms with E-state index in [2.05, 4.69) is 15.4 Å². The van der Waals surface area contributed by atoms with Crippen LogP contribution in [0.3, 0.4) is 0 Å². The van der Waals surface area contributed by atoms with Gasteiger partial charge >= 0.3 is 0 Å². The summed E-state index contributed by atoms with van der Waals surface area (Å²) in [4.78, 5) is 17.1. The fourth-order valence-corrected chi connectivity index (χ4v) is 4.16. The van der Waals surface area contributed by atoms with Crippen molar-refractivity contribution < 1.29 is 14.3 Å². The first kappa shape index (κ1) is 22.1. The Morgan fingerprint density at radius 2 is 1.94 bits per heavy atom. The second-order valence-electron chi connectivity index (χ2n) is 6.74. The summed E-state index contributed by atoms with van der Waals surface area (Å²) in [5.74, 6) is 1.29. The third-order valence-electron chi connectivity index (χ3n) is 4.41. The number of hydrogen-bond donors (Lipinski definition) is 1. The number of methoxy groups -OCH3 is 1. The Labute approximate surface area is 198 Å². The summed E-state index contributed by atoms with van der Waals surface area (Å²) in [6.07, 6.45) is 0. The van der Waals surface area contributed by atoms with Gasteiger partial charge in [0.1, 0.15) is 17.3 Å². The molecule has 2 aromatic heterocycles. The van der Waals surface area contributed by atoms with Gasteiger partial charge in [-0.05, 0) is 49.4 Å². The number of aromatic nitrogens is 3. The van der Waals surface area contributed by atoms with Crippen molar-refractivity contribution in [2.24, 2.45) is 0 Å². The Morgan fingerprint density at radius 3 is 2.66 bits per heavy atom. The highest BCUT2D eigenvalue weighted by atomic mass is 35.5. The number of thiazole rings is 1. The van der Waals surface area contributed by atoms with Crippen molar-refractivity contribution in [1.82, 2.24) is 14.8 Å². The van der Waals surface area contributed by atoms with Crippen molar-refractivity contribution in [1.29, 1.82) is 0 Å². The molecule has 0 saturated carbocycles. The highest BCUT2D eigenvalue weighted by molar-refractivity contribution is 7.12. The Balaban J connectivity index is 1.48. The van der Waals surface area contributed by atoms with Gasteiger partial charge in [0.05, 0.1) is 23.5 Å². The monoisotopic (exact) mass is 488 g/mol. The minimum absolute atomic E-state index is 0.222. The molecule has 0 spiro atoms. The van der Waals surface area contributed by atoms with E-state index < -0.39 is 0 Å². The van der Waals surface area contributed by atoms with Gasteiger partial charge in [0.2, 0.25) is 5.13 Å². The number of ether oxygens (including phenoxy) is 2. The summed E-state index contributed by atoms with van der Waals surface area (Å²) < 4.78 is 12.3. The normalized spacial score (nSPS) is 10.8. The first-order chi connectivity index (χ1) is 15.4. The Hall–Kier alpha value is -3.07. The maximum absolute atomic E-state index is 12.5. The van der Waals surface area contributed by atoms with Crippen molar-refractivity contribution in [2.45, 2.75) is 6.92 Å². The van der Waals surface area contributed by atoms with Crippen LogP contribution >= 0.6 is 34.5 Å². The van der Waals surface area contributed by atoms with Gasteiger partial charge in [0.25, 0.3) is 5.91 Å². The fraction of sp³-hybridized carbons (Fsp3) is 0.136. The molecule has 0 unspecified atom stereocenters. The fourth-order valence-electron chi connectivity index (χ4n) is 2.90. The molecule has 7 nitrogen and oxygen atoms in total. The molecule has 0 aliphatic rings. The number of benzene rings is 2. The molecular weight excluding hydrogens is 471 g/mol. The average Bonchev–Trinajstić information content (AvgIpc) is 3.40. The minimum Gasteiger partial charge on any atom is -0.497 e. The minimum atomic E-state index is -0.357. The number of aryl methyl sites for hydroxylation is 1. The Morgan fingerprint density at radius 1 is 1.16 bits per heavy atom. The predicted molar refractivity (Wildman–Crippen MR) is 127 cm³/mol. The molecular formula is C22H18Cl2N4O3S. The van der Waals surface area contributed by atoms with Crippen molar-refractivity contribution in [3.8, 4) is 27.9 Å². The molecule has 32 heavy (non-hydrogen) atoms. The summed E-state index contributed by atoms with van der Waals surface area (Å²) in [5, 5.41) is 10.7. The lowest BCUT2D eigenvalue weighted by atomic mass is 10.2. The van der Waals surface area contributed by atoms with Crippen LogP contribution in [0.25, 0.3) is 16.4 Å². The van der Waals surface area contributed by atoms with E-state index >= 15 is 0 Å². The lowest BCUT2D eigenvalue weighted by molar-refractivity contribution is -0.118. The molecule has 1 N–H and O–H groups in total. The second-order valence-corrected chi connectivity index (χ2v) is 8.42. The van der Waals surface area contributed by atoms with Crippen LogP contribution in [0.5, 0.6) is 11.5 Å². The van der Waals surface area contributed by atoms with Crippen LogP contribution in [0.15, 0.2) is 53.9 Å². The van der Waals surface area contributed by atoms with Gasteiger partial charge in [-0.3, -0.25) is 4.79 Å². The van der Waals surface area contributed by atoms with Gasteiger partial charge < -0.3 is 14.8 Å². The number of carbonyl (C=O) groups excluding carboxylic acids is 1. The summed E-state index contributed by atoms with van der Waals surface area (Å²) >= 11 is 13.4. The highest BCUT2D eigenvalue weighted by Crippen LogP contribution is 2.29. The third-order valence-corrected chi connectivity index (χ3v) is 5.76. The largest absolute Gasteiger partial charge is 0.497 e. The van der Waals surface area contributed by atoms with Crippen LogP contribution in [-0.4, -0.2) is 34.4 Å². The van der Waals surface area contributed by atoms with E-state index in [0.717, 1.165) is 22.7 Å². The molecule has 0 fully saturated rings. The van der Waals surface area contributed by atoms with E-state index in [-0.39, 0.29) is 12.5 Å². The molecule has 0 atom stereocenters. The first-order valence-corrected chi connectivity index (χ1v) is 11.1. The number of amides is 1. The van der Waals surface area contributed by atoms with Gasteiger partial charge in [-0.2, -0.15) is 9.78 Å². The topological polar surface area (TPSA) is 78.3 Å². The van der Waals surface area contributed by atoms with Crippen molar-refractivity contribution in [2.75, 3.05) is 19.0 Å². The van der Waals surface area contributed by atoms with E-state index in [9.17, 15) is 4.79 Å². The molecule has 4 rings (SSSR count). The molecule has 0 aliphatic carbocycles. The quantitative estimate of drug-likeness (QED) is 0.364. The van der Waals surface area contributed by atoms with E-state index in [4.69, 9.17) is 32.7 Å². The van der Waals surface area contributed by atoms with Gasteiger partial charge in [0, 0.05) is 22.0 Å². The summed E-state index contributed by atoms with van der Waals surface area (Å²) in [6, 6.07) is 14.2. The van der Waals surface area contributed by atoms with E-state index in [0.29, 0.717) is 26.7 Å². The second kappa shape index (κ2) is 9.60. The maximum atomic E-state index is 12.5. The van der Waals surface area contributed by atoms with Crippen LogP contribution < -0.4 is 14.8 Å². The number of nitrogens with zero attached hydrogens (tertiary/aromatic N) is 3. The van der Waals surface area contributed by atoms with Crippen molar-refractivity contribution in [3.63, 3.8) is 0 Å². The summed E-state index contributed by atoms with van der Waals surface area (Å²) in [6.45, 7) is 1.62. The van der Waals surface area contributed by atoms with E-state index in [1.807, 2.05) is 36.6 Å². The van der Waals surface area contributed by atoms with Crippen LogP contribution in [-0.2, 0) is 4.79 Å². The SMILES string of the molecule is COc1ccc(-c2csc(-n3nc(C)cc3NC(=O)COc3ccc(Cl)cc3Cl)n2)cc1. The number of hydrogen-bond acceptors (Lipinski definition) is 6. The molecule has 164 valence electrons. The average molecular weight is 489 g/mol. The lowest BCUT2D eigenvalue weighted by Crippen LogP contribution is -2.22. The van der Waals surface area contributed by atoms with E-state index in [1.165, 1.54) is 11.3 Å². The molecule has 2 heterocycles. The highest BCUT2D eigenvalue weighted by Gasteiger charge is 2.15. The molecule has 0 radical (unpaired) electrons. The number of nitrogens with one attached hydrogen (secondary N) is 1. The lowest BCUT2D eigenvalue weighted by Gasteiger charge is -2.09. The van der Waals surface area contributed by atoms with Crippen LogP contribution in [0.4, 0.5) is 5.82 Å². The van der Waals surface area contributed by atoms with Crippen LogP contribution in [0.2, 0.25) is 10.0 Å². The molecule has 10 heteroatoms. The molecule has 0 bridgehead atoms. The third kappa shape index (κ3) is 5.04. The van der Waals surface area contributed by atoms with Gasteiger partial charge in [-0.15, -0.1) is 11.3 Å². The van der Waals surface area contributed by atoms with Gasteiger partial charge in [0.15, 0.2) is 6.61 Å². The van der Waals surface area contributed by atoms with Crippen molar-refractivity contribution >= 4 is 46.3 Å². The molecule has 2 aromatic carbocycles. The number of rotatable bonds is 7. The first-order valence-electron chi connectivity index (χ1n) is 9.47. The smallest absolute Gasteiger partial charge is 0.263 e. The van der Waals surface area contributed by atoms with Crippen LogP contribution in [0.1, 0.15) is 5.69 Å². The zero-order chi connectivity index (χ0) is 22.7. The predicted octanol–water partition coefficient (Wildman–Crippen LogP) is 5.64. The van der Waals surface area contributed by atoms with Gasteiger partial charge in [-0.25, -0.2) is 4.98 Å². The van der Waals surface area contributed by atoms with Gasteiger partial charge in [-0.1, -0.05) is 23.2 Å². The van der Waals surface area contributed by atoms with Crippen molar-refractivity contribution in [3.05, 3.63) is 69.7 Å². The maximum Gasteiger partial charge on any atom is 0.263 e. The Kier molecular flexibility index (Phi) is 6.64. The summed E-state index contributed by atoms with van der Waals surface area (Å²) in [7, 11) is 1.63. The molecule has 1 amide bonds. The number of carbonyl (C=O) groups is 1. The molecule has 0 aliphatic heterocycles. The zero-order valence-electron chi connectivity index (χ0n) is 17.1. The Bertz CT molecular complexity index is 1250. The number of anilines is 1. The molecule has 4 aromatic rings. The standard InChI is InChI=1S/C22H18Cl2N4O3S/c1-13-9-20(26-21(29)11-31-19-8-5-15(23)10-17(19)24)28(27-13)22-25-18(12-32-22)14-3-6-16(30-2)7-4-14/h3-10,12H,11H2,1-2H3,(H,26,29). The van der Waals surface area contributed by atoms with Crippen LogP contribution in [0, 0.1) is 6.92 Å². The zero-order valence-corrected chi connectivity index (χ0v) is 19.5. The summed E-state index contributed by atoms with van der Waals surface area (Å²) in [5.41, 5.74) is 2.50. The number of halogens is 2. The van der Waals surface area contributed by atoms with E-state index in [1.54, 1.807) is 36.1 Å².